The van der Waals surface area contributed by atoms with Gasteiger partial charge in [-0.25, -0.2) is 4.79 Å². The Morgan fingerprint density at radius 2 is 2.06 bits per heavy atom. The van der Waals surface area contributed by atoms with Crippen LogP contribution in [0.3, 0.4) is 0 Å². The number of fused-ring (bicyclic) bond motifs is 1. The van der Waals surface area contributed by atoms with Crippen molar-refractivity contribution < 1.29 is 9.53 Å². The van der Waals surface area contributed by atoms with Gasteiger partial charge < -0.3 is 4.74 Å². The Morgan fingerprint density at radius 1 is 1.33 bits per heavy atom. The van der Waals surface area contributed by atoms with E-state index < -0.39 is 5.60 Å². The molecule has 3 heteroatoms. The monoisotopic (exact) mass is 447 g/mol. The molecule has 1 aliphatic carbocycles. The quantitative estimate of drug-likeness (QED) is 0.415. The fraction of sp³-hybridized carbons (Fsp3) is 0.500. The number of hydrogen-bond acceptors (Lipinski definition) is 2. The van der Waals surface area contributed by atoms with Gasteiger partial charge in [0.15, 0.2) is 0 Å². The van der Waals surface area contributed by atoms with Crippen LogP contribution in [0.2, 0.25) is 0 Å². The maximum absolute atomic E-state index is 12.6. The molecule has 0 spiro atoms. The number of aromatic nitrogens is 1. The number of allylic oxidation sites excluding steroid dienone is 3. The highest BCUT2D eigenvalue weighted by Crippen LogP contribution is 2.49. The third kappa shape index (κ3) is 5.69. The van der Waals surface area contributed by atoms with E-state index >= 15 is 0 Å². The molecule has 0 N–H and O–H groups in total. The predicted octanol–water partition coefficient (Wildman–Crippen LogP) is 8.65. The van der Waals surface area contributed by atoms with E-state index in [0.717, 1.165) is 22.9 Å². The Bertz CT molecular complexity index is 1050. The van der Waals surface area contributed by atoms with Gasteiger partial charge in [-0.1, -0.05) is 56.4 Å². The van der Waals surface area contributed by atoms with Gasteiger partial charge in [0.05, 0.1) is 5.52 Å². The standard InChI is InChI=1S/C30H41NO2/c1-9-30(8)18-16-24(20-26(30)21(2)3)22(4)12-10-13-23-14-11-15-27-25(23)17-19-31(27)28(32)33-29(5,6)7/h9-11,13-15,17,19,22,24,26H,1-2,12,16,18,20H2,3-8H3/b13-10+/t22?,24-,26+,30-/m1/s1. The second kappa shape index (κ2) is 9.75. The number of carbonyl (C=O) groups excluding carboxylic acids is 1. The summed E-state index contributed by atoms with van der Waals surface area (Å²) in [6, 6.07) is 8.07. The summed E-state index contributed by atoms with van der Waals surface area (Å²) in [5.74, 6) is 1.83. The van der Waals surface area contributed by atoms with E-state index in [0.29, 0.717) is 17.8 Å². The molecule has 0 saturated heterocycles. The van der Waals surface area contributed by atoms with Crippen LogP contribution in [0, 0.1) is 23.2 Å². The molecule has 0 amide bonds. The largest absolute Gasteiger partial charge is 0.443 e. The summed E-state index contributed by atoms with van der Waals surface area (Å²) >= 11 is 0. The maximum Gasteiger partial charge on any atom is 0.418 e. The molecule has 2 aromatic rings. The minimum Gasteiger partial charge on any atom is -0.443 e. The van der Waals surface area contributed by atoms with Gasteiger partial charge in [0.2, 0.25) is 0 Å². The molecule has 0 radical (unpaired) electrons. The molecule has 1 aliphatic rings. The average Bonchev–Trinajstić information content (AvgIpc) is 3.17. The highest BCUT2D eigenvalue weighted by Gasteiger charge is 2.39. The highest BCUT2D eigenvalue weighted by molar-refractivity contribution is 5.94. The summed E-state index contributed by atoms with van der Waals surface area (Å²) in [7, 11) is 0. The Balaban J connectivity index is 1.70. The molecule has 1 aromatic carbocycles. The topological polar surface area (TPSA) is 31.2 Å². The number of rotatable bonds is 6. The minimum absolute atomic E-state index is 0.175. The molecule has 178 valence electrons. The summed E-state index contributed by atoms with van der Waals surface area (Å²) in [4.78, 5) is 12.6. The van der Waals surface area contributed by atoms with Gasteiger partial charge in [0.25, 0.3) is 0 Å². The van der Waals surface area contributed by atoms with Crippen molar-refractivity contribution in [2.24, 2.45) is 23.2 Å². The first-order valence-corrected chi connectivity index (χ1v) is 12.2. The first kappa shape index (κ1) is 25.1. The smallest absolute Gasteiger partial charge is 0.418 e. The molecule has 1 fully saturated rings. The Kier molecular flexibility index (Phi) is 7.41. The molecule has 1 aromatic heterocycles. The van der Waals surface area contributed by atoms with E-state index in [1.165, 1.54) is 24.8 Å². The summed E-state index contributed by atoms with van der Waals surface area (Å²) < 4.78 is 7.15. The molecule has 1 heterocycles. The van der Waals surface area contributed by atoms with Crippen molar-refractivity contribution in [2.75, 3.05) is 0 Å². The van der Waals surface area contributed by atoms with E-state index in [9.17, 15) is 4.79 Å². The highest BCUT2D eigenvalue weighted by atomic mass is 16.6. The fourth-order valence-corrected chi connectivity index (χ4v) is 5.29. The Hall–Kier alpha value is -2.55. The zero-order valence-corrected chi connectivity index (χ0v) is 21.4. The normalized spacial score (nSPS) is 24.7. The van der Waals surface area contributed by atoms with Crippen LogP contribution in [0.1, 0.15) is 72.8 Å². The minimum atomic E-state index is -0.521. The number of hydrogen-bond donors (Lipinski definition) is 0. The van der Waals surface area contributed by atoms with Crippen molar-refractivity contribution >= 4 is 23.1 Å². The van der Waals surface area contributed by atoms with Crippen LogP contribution < -0.4 is 0 Å². The lowest BCUT2D eigenvalue weighted by Crippen LogP contribution is -2.35. The molecule has 0 aliphatic heterocycles. The van der Waals surface area contributed by atoms with E-state index in [1.807, 2.05) is 39.0 Å². The van der Waals surface area contributed by atoms with Crippen LogP contribution in [0.15, 0.2) is 61.3 Å². The molecule has 3 rings (SSSR count). The van der Waals surface area contributed by atoms with Crippen molar-refractivity contribution in [2.45, 2.75) is 72.8 Å². The van der Waals surface area contributed by atoms with Crippen LogP contribution in [0.25, 0.3) is 17.0 Å². The fourth-order valence-electron chi connectivity index (χ4n) is 5.29. The summed E-state index contributed by atoms with van der Waals surface area (Å²) in [6.07, 6.45) is 12.8. The number of benzene rings is 1. The van der Waals surface area contributed by atoms with Crippen LogP contribution in [0.4, 0.5) is 4.79 Å². The number of carbonyl (C=O) groups is 1. The zero-order chi connectivity index (χ0) is 24.4. The average molecular weight is 448 g/mol. The summed E-state index contributed by atoms with van der Waals surface area (Å²) in [5.41, 5.74) is 2.94. The van der Waals surface area contributed by atoms with Gasteiger partial charge in [-0.15, -0.1) is 6.58 Å². The van der Waals surface area contributed by atoms with Gasteiger partial charge in [-0.05, 0) is 94.2 Å². The van der Waals surface area contributed by atoms with Crippen molar-refractivity contribution in [3.8, 4) is 0 Å². The molecular weight excluding hydrogens is 406 g/mol. The molecular formula is C30H41NO2. The van der Waals surface area contributed by atoms with Gasteiger partial charge in [-0.3, -0.25) is 4.57 Å². The van der Waals surface area contributed by atoms with Crippen molar-refractivity contribution in [3.63, 3.8) is 0 Å². The Morgan fingerprint density at radius 3 is 2.70 bits per heavy atom. The molecule has 3 nitrogen and oxygen atoms in total. The van der Waals surface area contributed by atoms with Gasteiger partial charge in [0, 0.05) is 11.6 Å². The lowest BCUT2D eigenvalue weighted by molar-refractivity contribution is 0.0544. The second-order valence-electron chi connectivity index (χ2n) is 11.2. The van der Waals surface area contributed by atoms with E-state index in [2.05, 4.69) is 58.2 Å². The molecule has 1 saturated carbocycles. The molecule has 0 bridgehead atoms. The van der Waals surface area contributed by atoms with Gasteiger partial charge in [0.1, 0.15) is 5.60 Å². The molecule has 1 unspecified atom stereocenters. The van der Waals surface area contributed by atoms with E-state index in [4.69, 9.17) is 4.74 Å². The zero-order valence-electron chi connectivity index (χ0n) is 21.4. The third-order valence-electron chi connectivity index (χ3n) is 7.42. The van der Waals surface area contributed by atoms with Crippen LogP contribution in [-0.2, 0) is 4.74 Å². The first-order chi connectivity index (χ1) is 15.4. The Labute approximate surface area is 200 Å². The predicted molar refractivity (Wildman–Crippen MR) is 140 cm³/mol. The van der Waals surface area contributed by atoms with E-state index in [-0.39, 0.29) is 11.5 Å². The van der Waals surface area contributed by atoms with Crippen LogP contribution >= 0.6 is 0 Å². The lowest BCUT2D eigenvalue weighted by Gasteiger charge is -2.45. The van der Waals surface area contributed by atoms with Crippen molar-refractivity contribution in [3.05, 3.63) is 66.9 Å². The van der Waals surface area contributed by atoms with Crippen molar-refractivity contribution in [1.29, 1.82) is 0 Å². The van der Waals surface area contributed by atoms with Crippen molar-refractivity contribution in [1.82, 2.24) is 4.57 Å². The van der Waals surface area contributed by atoms with Crippen LogP contribution in [0.5, 0.6) is 0 Å². The van der Waals surface area contributed by atoms with E-state index in [1.54, 1.807) is 10.8 Å². The summed E-state index contributed by atoms with van der Waals surface area (Å²) in [5, 5.41) is 1.06. The second-order valence-corrected chi connectivity index (χ2v) is 11.2. The van der Waals surface area contributed by atoms with Gasteiger partial charge in [-0.2, -0.15) is 0 Å². The molecule has 33 heavy (non-hydrogen) atoms. The third-order valence-corrected chi connectivity index (χ3v) is 7.42. The summed E-state index contributed by atoms with van der Waals surface area (Å²) in [6.45, 7) is 20.9. The number of nitrogens with zero attached hydrogens (tertiary/aromatic N) is 1. The maximum atomic E-state index is 12.6. The SMILES string of the molecule is C=C[C@]1(C)CC[C@@H](C(C)C/C=C/c2cccc3c2ccn3C(=O)OC(C)(C)C)C[C@H]1C(=C)C. The lowest BCUT2D eigenvalue weighted by atomic mass is 9.60. The molecule has 4 atom stereocenters. The van der Waals surface area contributed by atoms with Gasteiger partial charge >= 0.3 is 6.09 Å². The number of ether oxygens (including phenoxy) is 1. The first-order valence-electron chi connectivity index (χ1n) is 12.2. The van der Waals surface area contributed by atoms with Crippen LogP contribution in [-0.4, -0.2) is 16.3 Å².